The Bertz CT molecular complexity index is 676. The fourth-order valence-electron chi connectivity index (χ4n) is 2.23. The maximum atomic E-state index is 11.9. The summed E-state index contributed by atoms with van der Waals surface area (Å²) in [5, 5.41) is 0.870. The number of aromatic nitrogens is 1. The molecule has 2 aromatic rings. The van der Waals surface area contributed by atoms with E-state index in [0.717, 1.165) is 28.0 Å². The summed E-state index contributed by atoms with van der Waals surface area (Å²) in [5.41, 5.74) is 1.52. The second-order valence-corrected chi connectivity index (χ2v) is 13.0. The Morgan fingerprint density at radius 1 is 1.32 bits per heavy atom. The fraction of sp³-hybridized carbons (Fsp3) is 0.438. The van der Waals surface area contributed by atoms with Gasteiger partial charge in [0.2, 0.25) is 0 Å². The monoisotopic (exact) mass is 383 g/mol. The van der Waals surface area contributed by atoms with Gasteiger partial charge in [-0.15, -0.1) is 0 Å². The number of fused-ring (bicyclic) bond motifs is 1. The number of carbonyl (C=O) groups is 1. The van der Waals surface area contributed by atoms with Gasteiger partial charge in [0, 0.05) is 30.7 Å². The van der Waals surface area contributed by atoms with Gasteiger partial charge in [-0.05, 0) is 28.0 Å². The Balaban J connectivity index is 2.24. The van der Waals surface area contributed by atoms with E-state index in [1.165, 1.54) is 7.11 Å². The number of carbonyl (C=O) groups excluding carboxylic acids is 1. The summed E-state index contributed by atoms with van der Waals surface area (Å²) < 4.78 is 13.6. The van der Waals surface area contributed by atoms with E-state index in [0.29, 0.717) is 12.3 Å². The average Bonchev–Trinajstić information content (AvgIpc) is 2.82. The van der Waals surface area contributed by atoms with Crippen molar-refractivity contribution in [2.45, 2.75) is 32.4 Å². The normalized spacial score (nSPS) is 11.9. The molecular formula is C16H22BrNO3Si. The molecule has 120 valence electrons. The summed E-state index contributed by atoms with van der Waals surface area (Å²) in [6.45, 7) is 8.15. The van der Waals surface area contributed by atoms with Gasteiger partial charge in [-0.2, -0.15) is 0 Å². The van der Waals surface area contributed by atoms with E-state index in [2.05, 4.69) is 35.6 Å². The van der Waals surface area contributed by atoms with Crippen molar-refractivity contribution in [2.24, 2.45) is 0 Å². The van der Waals surface area contributed by atoms with Gasteiger partial charge >= 0.3 is 5.97 Å². The van der Waals surface area contributed by atoms with Crippen LogP contribution in [0, 0.1) is 0 Å². The van der Waals surface area contributed by atoms with Crippen LogP contribution in [0.4, 0.5) is 0 Å². The van der Waals surface area contributed by atoms with Crippen molar-refractivity contribution in [1.82, 2.24) is 4.57 Å². The fourth-order valence-corrected chi connectivity index (χ4v) is 3.58. The van der Waals surface area contributed by atoms with Gasteiger partial charge in [0.15, 0.2) is 0 Å². The summed E-state index contributed by atoms with van der Waals surface area (Å²) in [5.74, 6) is -0.330. The molecule has 0 spiro atoms. The number of hydrogen-bond acceptors (Lipinski definition) is 3. The summed E-state index contributed by atoms with van der Waals surface area (Å²) in [6, 6.07) is 6.92. The van der Waals surface area contributed by atoms with Crippen molar-refractivity contribution in [1.29, 1.82) is 0 Å². The highest BCUT2D eigenvalue weighted by Crippen LogP contribution is 2.29. The highest BCUT2D eigenvalue weighted by Gasteiger charge is 2.17. The molecule has 6 heteroatoms. The van der Waals surface area contributed by atoms with E-state index >= 15 is 0 Å². The number of hydrogen-bond donors (Lipinski definition) is 0. The van der Waals surface area contributed by atoms with E-state index in [9.17, 15) is 4.79 Å². The molecule has 0 aliphatic heterocycles. The first-order valence-corrected chi connectivity index (χ1v) is 11.8. The number of ether oxygens (including phenoxy) is 2. The van der Waals surface area contributed by atoms with Crippen LogP contribution in [-0.2, 0) is 16.2 Å². The Kier molecular flexibility index (Phi) is 5.47. The van der Waals surface area contributed by atoms with Crippen LogP contribution in [0.3, 0.4) is 0 Å². The first-order chi connectivity index (χ1) is 10.3. The molecule has 0 saturated heterocycles. The molecule has 1 aromatic carbocycles. The molecule has 0 amide bonds. The molecule has 0 bridgehead atoms. The molecule has 0 aliphatic rings. The molecular weight excluding hydrogens is 362 g/mol. The quantitative estimate of drug-likeness (QED) is 0.418. The van der Waals surface area contributed by atoms with E-state index in [4.69, 9.17) is 9.47 Å². The zero-order valence-corrected chi connectivity index (χ0v) is 16.1. The third kappa shape index (κ3) is 4.00. The number of halogens is 1. The predicted octanol–water partition coefficient (Wildman–Crippen LogP) is 4.50. The molecule has 22 heavy (non-hydrogen) atoms. The molecule has 2 rings (SSSR count). The minimum Gasteiger partial charge on any atom is -0.465 e. The number of benzene rings is 1. The molecule has 1 heterocycles. The number of rotatable bonds is 6. The molecule has 1 aromatic heterocycles. The molecule has 0 radical (unpaired) electrons. The maximum Gasteiger partial charge on any atom is 0.340 e. The van der Waals surface area contributed by atoms with Gasteiger partial charge < -0.3 is 14.0 Å². The van der Waals surface area contributed by atoms with Crippen LogP contribution >= 0.6 is 15.9 Å². The van der Waals surface area contributed by atoms with Crippen molar-refractivity contribution in [3.05, 3.63) is 34.4 Å². The van der Waals surface area contributed by atoms with Crippen LogP contribution in [0.5, 0.6) is 0 Å². The van der Waals surface area contributed by atoms with Crippen LogP contribution in [0.2, 0.25) is 25.7 Å². The zero-order chi connectivity index (χ0) is 16.3. The summed E-state index contributed by atoms with van der Waals surface area (Å²) in [4.78, 5) is 11.9. The van der Waals surface area contributed by atoms with Gasteiger partial charge in [-0.1, -0.05) is 31.8 Å². The van der Waals surface area contributed by atoms with E-state index in [-0.39, 0.29) is 5.97 Å². The molecule has 0 aliphatic carbocycles. The van der Waals surface area contributed by atoms with E-state index in [1.807, 2.05) is 22.8 Å². The van der Waals surface area contributed by atoms with Crippen molar-refractivity contribution in [2.75, 3.05) is 13.7 Å². The lowest BCUT2D eigenvalue weighted by Gasteiger charge is -2.16. The van der Waals surface area contributed by atoms with Crippen LogP contribution in [-0.4, -0.2) is 32.3 Å². The van der Waals surface area contributed by atoms with Crippen molar-refractivity contribution >= 4 is 40.9 Å². The average molecular weight is 384 g/mol. The largest absolute Gasteiger partial charge is 0.465 e. The number of nitrogens with zero attached hydrogens (tertiary/aromatic N) is 1. The van der Waals surface area contributed by atoms with Gasteiger partial charge in [0.25, 0.3) is 0 Å². The maximum absolute atomic E-state index is 11.9. The van der Waals surface area contributed by atoms with Gasteiger partial charge in [-0.25, -0.2) is 4.79 Å². The standard InChI is InChI=1S/C16H22BrNO3Si/c1-20-16(19)13-10-18(11-21-8-9-22(2,3)4)15-12(13)6-5-7-14(15)17/h5-7,10H,8-9,11H2,1-4H3. The number of esters is 1. The first-order valence-electron chi connectivity index (χ1n) is 7.27. The van der Waals surface area contributed by atoms with Gasteiger partial charge in [0.1, 0.15) is 6.73 Å². The zero-order valence-electron chi connectivity index (χ0n) is 13.5. The van der Waals surface area contributed by atoms with Crippen LogP contribution < -0.4 is 0 Å². The van der Waals surface area contributed by atoms with Crippen LogP contribution in [0.25, 0.3) is 10.9 Å². The minimum atomic E-state index is -1.10. The van der Waals surface area contributed by atoms with E-state index < -0.39 is 8.07 Å². The molecule has 0 unspecified atom stereocenters. The summed E-state index contributed by atoms with van der Waals surface area (Å²) in [6.07, 6.45) is 1.80. The first kappa shape index (κ1) is 17.2. The lowest BCUT2D eigenvalue weighted by molar-refractivity contribution is 0.0601. The molecule has 0 saturated carbocycles. The Labute approximate surface area is 140 Å². The third-order valence-corrected chi connectivity index (χ3v) is 5.83. The molecule has 0 N–H and O–H groups in total. The lowest BCUT2D eigenvalue weighted by atomic mass is 10.2. The SMILES string of the molecule is COC(=O)c1cn(COCC[Si](C)(C)C)c2c(Br)cccc12. The van der Waals surface area contributed by atoms with Crippen LogP contribution in [0.1, 0.15) is 10.4 Å². The topological polar surface area (TPSA) is 40.5 Å². The highest BCUT2D eigenvalue weighted by atomic mass is 79.9. The van der Waals surface area contributed by atoms with Gasteiger partial charge in [0.05, 0.1) is 18.2 Å². The summed E-state index contributed by atoms with van der Waals surface area (Å²) in [7, 11) is 0.301. The van der Waals surface area contributed by atoms with Crippen molar-refractivity contribution in [3.8, 4) is 0 Å². The third-order valence-electron chi connectivity index (χ3n) is 3.48. The minimum absolute atomic E-state index is 0.330. The second kappa shape index (κ2) is 6.98. The number of para-hydroxylation sites is 1. The predicted molar refractivity (Wildman–Crippen MR) is 95.1 cm³/mol. The molecule has 4 nitrogen and oxygen atoms in total. The smallest absolute Gasteiger partial charge is 0.340 e. The lowest BCUT2D eigenvalue weighted by Crippen LogP contribution is -2.22. The summed E-state index contributed by atoms with van der Waals surface area (Å²) >= 11 is 3.55. The Morgan fingerprint density at radius 3 is 2.68 bits per heavy atom. The van der Waals surface area contributed by atoms with Crippen molar-refractivity contribution < 1.29 is 14.3 Å². The van der Waals surface area contributed by atoms with Crippen LogP contribution in [0.15, 0.2) is 28.9 Å². The van der Waals surface area contributed by atoms with E-state index in [1.54, 1.807) is 6.20 Å². The number of methoxy groups -OCH3 is 1. The van der Waals surface area contributed by atoms with Crippen molar-refractivity contribution in [3.63, 3.8) is 0 Å². The van der Waals surface area contributed by atoms with Gasteiger partial charge in [-0.3, -0.25) is 0 Å². The Hall–Kier alpha value is -1.11. The molecule has 0 fully saturated rings. The second-order valence-electron chi connectivity index (χ2n) is 6.49. The highest BCUT2D eigenvalue weighted by molar-refractivity contribution is 9.10. The Morgan fingerprint density at radius 2 is 2.05 bits per heavy atom. The molecule has 0 atom stereocenters.